The highest BCUT2D eigenvalue weighted by Gasteiger charge is 2.39. The highest BCUT2D eigenvalue weighted by Crippen LogP contribution is 2.35. The van der Waals surface area contributed by atoms with Gasteiger partial charge < -0.3 is 15.8 Å². The number of likely N-dealkylation sites (tertiary alicyclic amines) is 1. The molecule has 1 saturated carbocycles. The van der Waals surface area contributed by atoms with Crippen molar-refractivity contribution in [3.8, 4) is 0 Å². The molecular weight excluding hydrogens is 350 g/mol. The molecule has 1 amide bonds. The molecule has 0 spiro atoms. The Morgan fingerprint density at radius 1 is 1.42 bits per heavy atom. The number of methoxy groups -OCH3 is 1. The maximum absolute atomic E-state index is 12.3. The van der Waals surface area contributed by atoms with Crippen LogP contribution in [0.5, 0.6) is 0 Å². The molecule has 8 heteroatoms. The van der Waals surface area contributed by atoms with E-state index in [1.165, 1.54) is 31.3 Å². The SMILES string of the molecule is COC(=O)c1sccc1NC(=O)CN1CC2CCCC(N)C2C1.Cl. The lowest BCUT2D eigenvalue weighted by Crippen LogP contribution is -2.38. The number of anilines is 1. The number of nitrogens with one attached hydrogen (secondary N) is 1. The van der Waals surface area contributed by atoms with Gasteiger partial charge in [0.2, 0.25) is 5.91 Å². The topological polar surface area (TPSA) is 84.7 Å². The Morgan fingerprint density at radius 2 is 2.21 bits per heavy atom. The number of rotatable bonds is 4. The first-order chi connectivity index (χ1) is 11.1. The number of amides is 1. The van der Waals surface area contributed by atoms with Gasteiger partial charge in [-0.1, -0.05) is 6.42 Å². The van der Waals surface area contributed by atoms with Crippen LogP contribution in [0.1, 0.15) is 28.9 Å². The van der Waals surface area contributed by atoms with Crippen LogP contribution in [0.3, 0.4) is 0 Å². The molecule has 2 fully saturated rings. The molecule has 0 radical (unpaired) electrons. The fourth-order valence-corrected chi connectivity index (χ4v) is 4.56. The summed E-state index contributed by atoms with van der Waals surface area (Å²) in [6, 6.07) is 2.00. The van der Waals surface area contributed by atoms with E-state index < -0.39 is 5.97 Å². The van der Waals surface area contributed by atoms with Crippen LogP contribution in [0, 0.1) is 11.8 Å². The third kappa shape index (κ3) is 4.08. The summed E-state index contributed by atoms with van der Waals surface area (Å²) >= 11 is 1.26. The van der Waals surface area contributed by atoms with Gasteiger partial charge in [-0.25, -0.2) is 4.79 Å². The highest BCUT2D eigenvalue weighted by molar-refractivity contribution is 7.12. The fraction of sp³-hybridized carbons (Fsp3) is 0.625. The molecular formula is C16H24ClN3O3S. The summed E-state index contributed by atoms with van der Waals surface area (Å²) in [7, 11) is 1.34. The maximum atomic E-state index is 12.3. The molecule has 2 heterocycles. The third-order valence-electron chi connectivity index (χ3n) is 4.91. The average Bonchev–Trinajstić information content (AvgIpc) is 3.13. The summed E-state index contributed by atoms with van der Waals surface area (Å²) in [4.78, 5) is 26.5. The number of ether oxygens (including phenoxy) is 1. The number of hydrogen-bond donors (Lipinski definition) is 2. The largest absolute Gasteiger partial charge is 0.465 e. The average molecular weight is 374 g/mol. The van der Waals surface area contributed by atoms with Crippen LogP contribution in [-0.2, 0) is 9.53 Å². The molecule has 0 aromatic carbocycles. The molecule has 24 heavy (non-hydrogen) atoms. The van der Waals surface area contributed by atoms with E-state index in [0.717, 1.165) is 19.5 Å². The van der Waals surface area contributed by atoms with Crippen LogP contribution in [0.15, 0.2) is 11.4 Å². The molecule has 3 atom stereocenters. The lowest BCUT2D eigenvalue weighted by Gasteiger charge is -2.29. The van der Waals surface area contributed by atoms with Crippen LogP contribution in [-0.4, -0.2) is 49.6 Å². The zero-order chi connectivity index (χ0) is 16.4. The number of esters is 1. The molecule has 3 unspecified atom stereocenters. The molecule has 6 nitrogen and oxygen atoms in total. The molecule has 1 saturated heterocycles. The van der Waals surface area contributed by atoms with Crippen molar-refractivity contribution >= 4 is 41.3 Å². The second kappa shape index (κ2) is 8.29. The van der Waals surface area contributed by atoms with Crippen molar-refractivity contribution in [2.45, 2.75) is 25.3 Å². The Balaban J connectivity index is 0.00000208. The molecule has 0 bridgehead atoms. The first-order valence-corrected chi connectivity index (χ1v) is 8.90. The zero-order valence-electron chi connectivity index (χ0n) is 13.7. The van der Waals surface area contributed by atoms with E-state index in [-0.39, 0.29) is 24.4 Å². The minimum absolute atomic E-state index is 0. The Hall–Kier alpha value is -1.15. The summed E-state index contributed by atoms with van der Waals surface area (Å²) < 4.78 is 4.72. The third-order valence-corrected chi connectivity index (χ3v) is 5.80. The zero-order valence-corrected chi connectivity index (χ0v) is 15.3. The number of nitrogens with two attached hydrogens (primary N) is 1. The van der Waals surface area contributed by atoms with E-state index in [0.29, 0.717) is 28.9 Å². The van der Waals surface area contributed by atoms with Crippen molar-refractivity contribution in [3.05, 3.63) is 16.3 Å². The Labute approximate surface area is 152 Å². The van der Waals surface area contributed by atoms with Crippen molar-refractivity contribution in [2.24, 2.45) is 17.6 Å². The van der Waals surface area contributed by atoms with Crippen LogP contribution >= 0.6 is 23.7 Å². The number of thiophene rings is 1. The van der Waals surface area contributed by atoms with Gasteiger partial charge in [0.05, 0.1) is 19.3 Å². The minimum atomic E-state index is -0.423. The summed E-state index contributed by atoms with van der Waals surface area (Å²) in [6.45, 7) is 2.18. The van der Waals surface area contributed by atoms with Gasteiger partial charge in [-0.15, -0.1) is 23.7 Å². The van der Waals surface area contributed by atoms with Crippen molar-refractivity contribution < 1.29 is 14.3 Å². The monoisotopic (exact) mass is 373 g/mol. The second-order valence-corrected chi connectivity index (χ2v) is 7.33. The lowest BCUT2D eigenvalue weighted by molar-refractivity contribution is -0.117. The highest BCUT2D eigenvalue weighted by atomic mass is 35.5. The first-order valence-electron chi connectivity index (χ1n) is 8.02. The molecule has 1 aliphatic heterocycles. The van der Waals surface area contributed by atoms with Crippen molar-refractivity contribution in [1.82, 2.24) is 4.90 Å². The van der Waals surface area contributed by atoms with Crippen molar-refractivity contribution in [3.63, 3.8) is 0 Å². The van der Waals surface area contributed by atoms with E-state index >= 15 is 0 Å². The van der Waals surface area contributed by atoms with Gasteiger partial charge in [-0.3, -0.25) is 9.69 Å². The summed E-state index contributed by atoms with van der Waals surface area (Å²) in [5.41, 5.74) is 6.74. The van der Waals surface area contributed by atoms with Gasteiger partial charge in [-0.2, -0.15) is 0 Å². The molecule has 134 valence electrons. The van der Waals surface area contributed by atoms with Gasteiger partial charge in [0.1, 0.15) is 4.88 Å². The first kappa shape index (κ1) is 19.2. The predicted octanol–water partition coefficient (Wildman–Crippen LogP) is 1.95. The lowest BCUT2D eigenvalue weighted by atomic mass is 9.78. The summed E-state index contributed by atoms with van der Waals surface area (Å²) in [5, 5.41) is 4.59. The number of fused-ring (bicyclic) bond motifs is 1. The smallest absolute Gasteiger partial charge is 0.350 e. The van der Waals surface area contributed by atoms with Crippen LogP contribution < -0.4 is 11.1 Å². The van der Waals surface area contributed by atoms with Gasteiger partial charge in [0, 0.05) is 19.1 Å². The van der Waals surface area contributed by atoms with Crippen LogP contribution in [0.2, 0.25) is 0 Å². The van der Waals surface area contributed by atoms with Gasteiger partial charge in [-0.05, 0) is 36.1 Å². The van der Waals surface area contributed by atoms with Crippen LogP contribution in [0.4, 0.5) is 5.69 Å². The van der Waals surface area contributed by atoms with Gasteiger partial charge >= 0.3 is 5.97 Å². The molecule has 3 N–H and O–H groups in total. The Kier molecular flexibility index (Phi) is 6.62. The molecule has 2 aliphatic rings. The number of carbonyl (C=O) groups is 2. The number of nitrogens with zero attached hydrogens (tertiary/aromatic N) is 1. The van der Waals surface area contributed by atoms with E-state index in [2.05, 4.69) is 10.2 Å². The van der Waals surface area contributed by atoms with Crippen molar-refractivity contribution in [1.29, 1.82) is 0 Å². The molecule has 1 aliphatic carbocycles. The minimum Gasteiger partial charge on any atom is -0.465 e. The molecule has 1 aromatic rings. The second-order valence-electron chi connectivity index (χ2n) is 6.42. The normalized spacial score (nSPS) is 26.3. The van der Waals surface area contributed by atoms with E-state index in [4.69, 9.17) is 10.5 Å². The molecule has 3 rings (SSSR count). The van der Waals surface area contributed by atoms with E-state index in [1.54, 1.807) is 11.4 Å². The van der Waals surface area contributed by atoms with E-state index in [1.807, 2.05) is 0 Å². The number of halogens is 1. The standard InChI is InChI=1S/C16H23N3O3S.ClH/c1-22-16(21)15-13(5-6-23-15)18-14(20)9-19-7-10-3-2-4-12(17)11(10)8-19;/h5-6,10-12H,2-4,7-9,17H2,1H3,(H,18,20);1H. The quantitative estimate of drug-likeness (QED) is 0.788. The number of hydrogen-bond acceptors (Lipinski definition) is 6. The Bertz CT molecular complexity index is 595. The maximum Gasteiger partial charge on any atom is 0.350 e. The fourth-order valence-electron chi connectivity index (χ4n) is 3.79. The van der Waals surface area contributed by atoms with E-state index in [9.17, 15) is 9.59 Å². The summed E-state index contributed by atoms with van der Waals surface area (Å²) in [6.07, 6.45) is 3.51. The Morgan fingerprint density at radius 3 is 2.92 bits per heavy atom. The van der Waals surface area contributed by atoms with Gasteiger partial charge in [0.25, 0.3) is 0 Å². The van der Waals surface area contributed by atoms with Crippen LogP contribution in [0.25, 0.3) is 0 Å². The molecule has 1 aromatic heterocycles. The number of carbonyl (C=O) groups excluding carboxylic acids is 2. The van der Waals surface area contributed by atoms with Gasteiger partial charge in [0.15, 0.2) is 0 Å². The van der Waals surface area contributed by atoms with Crippen molar-refractivity contribution in [2.75, 3.05) is 32.1 Å². The predicted molar refractivity (Wildman–Crippen MR) is 96.8 cm³/mol. The summed E-state index contributed by atoms with van der Waals surface area (Å²) in [5.74, 6) is 0.621.